The average Bonchev–Trinajstić information content (AvgIpc) is 2.77. The molecule has 0 aliphatic heterocycles. The first-order valence-corrected chi connectivity index (χ1v) is 6.88. The van der Waals surface area contributed by atoms with Gasteiger partial charge in [0.1, 0.15) is 10.7 Å². The van der Waals surface area contributed by atoms with Crippen molar-refractivity contribution in [3.8, 4) is 0 Å². The Morgan fingerprint density at radius 1 is 1.40 bits per heavy atom. The average molecular weight is 293 g/mol. The minimum absolute atomic E-state index is 0.119. The molecule has 2 rings (SSSR count). The Bertz CT molecular complexity index is 625. The van der Waals surface area contributed by atoms with Crippen molar-refractivity contribution < 1.29 is 9.18 Å². The molecule has 0 bridgehead atoms. The summed E-state index contributed by atoms with van der Waals surface area (Å²) < 4.78 is 13.1. The highest BCUT2D eigenvalue weighted by molar-refractivity contribution is 7.18. The maximum absolute atomic E-state index is 13.1. The molecule has 1 amide bonds. The van der Waals surface area contributed by atoms with Crippen LogP contribution in [-0.2, 0) is 6.54 Å². The second-order valence-electron chi connectivity index (χ2n) is 4.58. The molecule has 1 aromatic heterocycles. The molecule has 0 saturated carbocycles. The van der Waals surface area contributed by atoms with Crippen LogP contribution in [0.15, 0.2) is 30.3 Å². The number of benzene rings is 1. The molecule has 0 aliphatic carbocycles. The summed E-state index contributed by atoms with van der Waals surface area (Å²) in [7, 11) is 3.36. The quantitative estimate of drug-likeness (QED) is 0.911. The normalized spacial score (nSPS) is 10.3. The predicted octanol–water partition coefficient (Wildman–Crippen LogP) is 2.78. The minimum atomic E-state index is -0.265. The van der Waals surface area contributed by atoms with E-state index >= 15 is 0 Å². The fourth-order valence-corrected chi connectivity index (χ4v) is 2.70. The number of halogens is 1. The molecule has 0 atom stereocenters. The Morgan fingerprint density at radius 3 is 2.80 bits per heavy atom. The van der Waals surface area contributed by atoms with Crippen LogP contribution in [0.1, 0.15) is 15.2 Å². The highest BCUT2D eigenvalue weighted by atomic mass is 32.1. The number of carbonyl (C=O) groups is 1. The lowest BCUT2D eigenvalue weighted by Crippen LogP contribution is -2.21. The van der Waals surface area contributed by atoms with E-state index in [-0.39, 0.29) is 11.7 Å². The van der Waals surface area contributed by atoms with Gasteiger partial charge in [0.2, 0.25) is 0 Å². The van der Waals surface area contributed by atoms with E-state index in [1.165, 1.54) is 28.4 Å². The zero-order chi connectivity index (χ0) is 14.7. The van der Waals surface area contributed by atoms with Crippen LogP contribution in [0.2, 0.25) is 0 Å². The smallest absolute Gasteiger partial charge is 0.265 e. The minimum Gasteiger partial charge on any atom is -0.397 e. The van der Waals surface area contributed by atoms with Crippen LogP contribution in [0.25, 0.3) is 0 Å². The van der Waals surface area contributed by atoms with Crippen LogP contribution in [-0.4, -0.2) is 24.9 Å². The predicted molar refractivity (Wildman–Crippen MR) is 80.5 cm³/mol. The number of carbonyl (C=O) groups excluding carboxylic acids is 1. The molecule has 1 heterocycles. The molecule has 0 radical (unpaired) electrons. The maximum atomic E-state index is 13.1. The van der Waals surface area contributed by atoms with Crippen molar-refractivity contribution in [2.45, 2.75) is 6.54 Å². The molecule has 0 spiro atoms. The summed E-state index contributed by atoms with van der Waals surface area (Å²) in [5.74, 6) is -0.384. The molecule has 6 heteroatoms. The summed E-state index contributed by atoms with van der Waals surface area (Å²) in [6.07, 6.45) is 0. The van der Waals surface area contributed by atoms with Crippen molar-refractivity contribution in [3.05, 3.63) is 46.6 Å². The number of hydrogen-bond donors (Lipinski definition) is 2. The monoisotopic (exact) mass is 293 g/mol. The number of hydrogen-bond acceptors (Lipinski definition) is 4. The lowest BCUT2D eigenvalue weighted by Gasteiger charge is -2.08. The third-order valence-electron chi connectivity index (χ3n) is 2.72. The summed E-state index contributed by atoms with van der Waals surface area (Å²) >= 11 is 1.30. The summed E-state index contributed by atoms with van der Waals surface area (Å²) in [5, 5.41) is 3.93. The Labute approximate surface area is 121 Å². The molecule has 20 heavy (non-hydrogen) atoms. The first-order valence-electron chi connectivity index (χ1n) is 6.06. The topological polar surface area (TPSA) is 58.4 Å². The van der Waals surface area contributed by atoms with E-state index in [2.05, 4.69) is 5.32 Å². The Hall–Kier alpha value is -2.08. The molecule has 0 unspecified atom stereocenters. The standard InChI is InChI=1S/C14H16FN3OS/c1-18(2)14(19)13-11(16)7-12(20-13)17-8-9-4-3-5-10(15)6-9/h3-7,17H,8,16H2,1-2H3. The zero-order valence-corrected chi connectivity index (χ0v) is 12.1. The van der Waals surface area contributed by atoms with Gasteiger partial charge in [-0.2, -0.15) is 0 Å². The summed E-state index contributed by atoms with van der Waals surface area (Å²) in [4.78, 5) is 13.9. The molecule has 1 aromatic carbocycles. The Kier molecular flexibility index (Phi) is 4.24. The van der Waals surface area contributed by atoms with Crippen molar-refractivity contribution in [3.63, 3.8) is 0 Å². The van der Waals surface area contributed by atoms with Gasteiger partial charge in [-0.1, -0.05) is 12.1 Å². The summed E-state index contributed by atoms with van der Waals surface area (Å²) in [6.45, 7) is 0.479. The van der Waals surface area contributed by atoms with Crippen molar-refractivity contribution in [2.75, 3.05) is 25.1 Å². The number of rotatable bonds is 4. The second kappa shape index (κ2) is 5.92. The van der Waals surface area contributed by atoms with Crippen molar-refractivity contribution in [2.24, 2.45) is 0 Å². The van der Waals surface area contributed by atoms with Crippen LogP contribution < -0.4 is 11.1 Å². The van der Waals surface area contributed by atoms with E-state index in [4.69, 9.17) is 5.73 Å². The molecule has 4 nitrogen and oxygen atoms in total. The van der Waals surface area contributed by atoms with Crippen molar-refractivity contribution >= 4 is 27.9 Å². The van der Waals surface area contributed by atoms with Crippen LogP contribution in [0.5, 0.6) is 0 Å². The van der Waals surface area contributed by atoms with E-state index in [0.29, 0.717) is 17.1 Å². The molecule has 3 N–H and O–H groups in total. The van der Waals surface area contributed by atoms with Crippen LogP contribution in [0.4, 0.5) is 15.1 Å². The highest BCUT2D eigenvalue weighted by Crippen LogP contribution is 2.30. The number of nitrogens with one attached hydrogen (secondary N) is 1. The van der Waals surface area contributed by atoms with Gasteiger partial charge in [-0.25, -0.2) is 4.39 Å². The van der Waals surface area contributed by atoms with Gasteiger partial charge >= 0.3 is 0 Å². The third kappa shape index (κ3) is 3.27. The summed E-state index contributed by atoms with van der Waals surface area (Å²) in [6, 6.07) is 8.09. The molecule has 106 valence electrons. The highest BCUT2D eigenvalue weighted by Gasteiger charge is 2.15. The number of nitrogen functional groups attached to an aromatic ring is 1. The van der Waals surface area contributed by atoms with Gasteiger partial charge in [0.15, 0.2) is 0 Å². The number of amides is 1. The van der Waals surface area contributed by atoms with Crippen molar-refractivity contribution in [1.29, 1.82) is 0 Å². The van der Waals surface area contributed by atoms with Gasteiger partial charge < -0.3 is 16.0 Å². The van der Waals surface area contributed by atoms with E-state index in [0.717, 1.165) is 10.6 Å². The van der Waals surface area contributed by atoms with Gasteiger partial charge in [0, 0.05) is 20.6 Å². The lowest BCUT2D eigenvalue weighted by molar-refractivity contribution is 0.0833. The van der Waals surface area contributed by atoms with Gasteiger partial charge in [0.05, 0.1) is 10.7 Å². The molecule has 0 fully saturated rings. The van der Waals surface area contributed by atoms with E-state index in [9.17, 15) is 9.18 Å². The summed E-state index contributed by atoms with van der Waals surface area (Å²) in [5.41, 5.74) is 7.12. The van der Waals surface area contributed by atoms with Gasteiger partial charge in [-0.3, -0.25) is 4.79 Å². The van der Waals surface area contributed by atoms with E-state index in [1.54, 1.807) is 26.2 Å². The SMILES string of the molecule is CN(C)C(=O)c1sc(NCc2cccc(F)c2)cc1N. The second-order valence-corrected chi connectivity index (χ2v) is 5.63. The van der Waals surface area contributed by atoms with E-state index < -0.39 is 0 Å². The van der Waals surface area contributed by atoms with Crippen LogP contribution >= 0.6 is 11.3 Å². The third-order valence-corrected chi connectivity index (χ3v) is 3.81. The van der Waals surface area contributed by atoms with Crippen molar-refractivity contribution in [1.82, 2.24) is 4.90 Å². The van der Waals surface area contributed by atoms with Gasteiger partial charge in [-0.05, 0) is 23.8 Å². The molecule has 0 saturated heterocycles. The fourth-order valence-electron chi connectivity index (χ4n) is 1.70. The molecular formula is C14H16FN3OS. The van der Waals surface area contributed by atoms with E-state index in [1.807, 2.05) is 6.07 Å². The number of nitrogens with two attached hydrogens (primary N) is 1. The van der Waals surface area contributed by atoms with Crippen LogP contribution in [0, 0.1) is 5.82 Å². The maximum Gasteiger partial charge on any atom is 0.265 e. The number of nitrogens with zero attached hydrogens (tertiary/aromatic N) is 1. The molecule has 2 aromatic rings. The fraction of sp³-hybridized carbons (Fsp3) is 0.214. The Balaban J connectivity index is 2.08. The van der Waals surface area contributed by atoms with Crippen LogP contribution in [0.3, 0.4) is 0 Å². The van der Waals surface area contributed by atoms with Gasteiger partial charge in [0.25, 0.3) is 5.91 Å². The molecule has 0 aliphatic rings. The Morgan fingerprint density at radius 2 is 2.15 bits per heavy atom. The first kappa shape index (κ1) is 14.3. The van der Waals surface area contributed by atoms with Gasteiger partial charge in [-0.15, -0.1) is 11.3 Å². The zero-order valence-electron chi connectivity index (χ0n) is 11.3. The first-order chi connectivity index (χ1) is 9.47. The largest absolute Gasteiger partial charge is 0.397 e. The number of thiophene rings is 1. The number of anilines is 2. The molecular weight excluding hydrogens is 277 g/mol. The lowest BCUT2D eigenvalue weighted by atomic mass is 10.2.